The monoisotopic (exact) mass is 825 g/mol. The maximum absolute atomic E-state index is 12.2. The summed E-state index contributed by atoms with van der Waals surface area (Å²) < 4.78 is 10.6. The van der Waals surface area contributed by atoms with Gasteiger partial charge in [-0.25, -0.2) is 0 Å². The van der Waals surface area contributed by atoms with Gasteiger partial charge in [0.25, 0.3) is 0 Å². The van der Waals surface area contributed by atoms with E-state index in [2.05, 4.69) is 74.6 Å². The minimum Gasteiger partial charge on any atom is -0.462 e. The molecule has 0 radical (unpaired) electrons. The molecule has 1 N–H and O–H groups in total. The van der Waals surface area contributed by atoms with Crippen LogP contribution in [-0.2, 0) is 19.1 Å². The Hall–Kier alpha value is -2.40. The van der Waals surface area contributed by atoms with Crippen molar-refractivity contribution in [1.82, 2.24) is 0 Å². The van der Waals surface area contributed by atoms with Crippen LogP contribution >= 0.6 is 0 Å². The van der Waals surface area contributed by atoms with Crippen LogP contribution in [0.4, 0.5) is 0 Å². The molecule has 5 heteroatoms. The SMILES string of the molecule is CC/C=C\C/C=C\C/C=C\C/C=C\CCCCCCCCCCCCCCCCCCCCCCCCC(=O)OC(CO)COC(=O)CCCCCCC/C=C\CCC. The molecule has 0 aliphatic heterocycles. The van der Waals surface area contributed by atoms with Gasteiger partial charge in [-0.3, -0.25) is 9.59 Å². The van der Waals surface area contributed by atoms with Crippen LogP contribution in [0.1, 0.15) is 251 Å². The van der Waals surface area contributed by atoms with Gasteiger partial charge in [0.05, 0.1) is 6.61 Å². The Morgan fingerprint density at radius 2 is 0.729 bits per heavy atom. The van der Waals surface area contributed by atoms with Crippen molar-refractivity contribution in [3.8, 4) is 0 Å². The number of rotatable bonds is 46. The lowest BCUT2D eigenvalue weighted by molar-refractivity contribution is -0.161. The molecule has 0 bridgehead atoms. The lowest BCUT2D eigenvalue weighted by atomic mass is 10.0. The van der Waals surface area contributed by atoms with Crippen LogP contribution in [0.3, 0.4) is 0 Å². The molecule has 0 aromatic rings. The zero-order valence-electron chi connectivity index (χ0n) is 39.0. The Kier molecular flexibility index (Phi) is 47.9. The molecule has 0 aliphatic carbocycles. The highest BCUT2D eigenvalue weighted by atomic mass is 16.6. The van der Waals surface area contributed by atoms with Crippen LogP contribution in [0.25, 0.3) is 0 Å². The number of aliphatic hydroxyl groups excluding tert-OH is 1. The highest BCUT2D eigenvalue weighted by Crippen LogP contribution is 2.16. The predicted octanol–water partition coefficient (Wildman–Crippen LogP) is 16.7. The fraction of sp³-hybridized carbons (Fsp3) is 0.778. The minimum absolute atomic E-state index is 0.0682. The van der Waals surface area contributed by atoms with E-state index in [1.165, 1.54) is 148 Å². The molecule has 0 rings (SSSR count). The Morgan fingerprint density at radius 3 is 1.12 bits per heavy atom. The summed E-state index contributed by atoms with van der Waals surface area (Å²) in [5.74, 6) is -0.596. The van der Waals surface area contributed by atoms with Gasteiger partial charge in [-0.05, 0) is 70.6 Å². The second-order valence-electron chi connectivity index (χ2n) is 16.9. The fourth-order valence-electron chi connectivity index (χ4n) is 7.26. The quantitative estimate of drug-likeness (QED) is 0.0376. The van der Waals surface area contributed by atoms with Gasteiger partial charge >= 0.3 is 11.9 Å². The second-order valence-corrected chi connectivity index (χ2v) is 16.9. The van der Waals surface area contributed by atoms with Gasteiger partial charge in [0.2, 0.25) is 0 Å². The first-order valence-electron chi connectivity index (χ1n) is 25.3. The number of carbonyl (C=O) groups is 2. The molecule has 59 heavy (non-hydrogen) atoms. The van der Waals surface area contributed by atoms with Crippen LogP contribution in [-0.4, -0.2) is 36.4 Å². The maximum atomic E-state index is 12.2. The van der Waals surface area contributed by atoms with Gasteiger partial charge in [0.1, 0.15) is 6.61 Å². The third-order valence-corrected chi connectivity index (χ3v) is 11.0. The largest absolute Gasteiger partial charge is 0.462 e. The van der Waals surface area contributed by atoms with Crippen molar-refractivity contribution in [2.45, 2.75) is 258 Å². The average Bonchev–Trinajstić information content (AvgIpc) is 3.24. The standard InChI is InChI=1S/C54H96O5/c1-3-5-7-9-11-13-15-16-17-18-19-20-21-22-23-24-25-26-27-28-29-30-31-32-33-34-35-36-37-38-39-41-43-45-47-49-54(57)59-52(50-55)51-58-53(56)48-46-44-42-40-14-12-10-8-6-4-2/h5,7-8,10-11,13,16-17,19-20,52,55H,3-4,6,9,12,14-15,18,21-51H2,1-2H3/b7-5-,10-8-,13-11-,17-16-,20-19-. The van der Waals surface area contributed by atoms with Gasteiger partial charge in [-0.1, -0.05) is 229 Å². The van der Waals surface area contributed by atoms with E-state index in [-0.39, 0.29) is 25.2 Å². The molecule has 0 heterocycles. The van der Waals surface area contributed by atoms with Crippen molar-refractivity contribution in [2.24, 2.45) is 0 Å². The number of esters is 2. The first-order valence-corrected chi connectivity index (χ1v) is 25.3. The summed E-state index contributed by atoms with van der Waals surface area (Å²) >= 11 is 0. The molecule has 0 aliphatic rings. The zero-order chi connectivity index (χ0) is 42.8. The van der Waals surface area contributed by atoms with Crippen molar-refractivity contribution < 1.29 is 24.2 Å². The fourth-order valence-corrected chi connectivity index (χ4v) is 7.26. The summed E-state index contributed by atoms with van der Waals surface area (Å²) in [5, 5.41) is 9.57. The van der Waals surface area contributed by atoms with E-state index in [0.29, 0.717) is 12.8 Å². The molecule has 0 aromatic carbocycles. The minimum atomic E-state index is -0.772. The van der Waals surface area contributed by atoms with Crippen molar-refractivity contribution in [2.75, 3.05) is 13.2 Å². The van der Waals surface area contributed by atoms with Crippen LogP contribution in [0.5, 0.6) is 0 Å². The molecule has 0 amide bonds. The molecule has 342 valence electrons. The number of aliphatic hydroxyl groups is 1. The normalized spacial score (nSPS) is 12.7. The number of ether oxygens (including phenoxy) is 2. The molecule has 1 unspecified atom stereocenters. The van der Waals surface area contributed by atoms with Gasteiger partial charge in [0, 0.05) is 12.8 Å². The average molecular weight is 825 g/mol. The molecular weight excluding hydrogens is 729 g/mol. The molecule has 0 spiro atoms. The third kappa shape index (κ3) is 48.1. The molecule has 0 saturated heterocycles. The maximum Gasteiger partial charge on any atom is 0.306 e. The molecule has 0 aromatic heterocycles. The van der Waals surface area contributed by atoms with Crippen LogP contribution in [0.2, 0.25) is 0 Å². The zero-order valence-corrected chi connectivity index (χ0v) is 39.0. The topological polar surface area (TPSA) is 72.8 Å². The Morgan fingerprint density at radius 1 is 0.407 bits per heavy atom. The lowest BCUT2D eigenvalue weighted by Crippen LogP contribution is -2.28. The van der Waals surface area contributed by atoms with Gasteiger partial charge in [-0.15, -0.1) is 0 Å². The Balaban J connectivity index is 3.39. The number of unbranched alkanes of at least 4 members (excludes halogenated alkanes) is 28. The van der Waals surface area contributed by atoms with Gasteiger partial charge in [0.15, 0.2) is 6.10 Å². The van der Waals surface area contributed by atoms with E-state index >= 15 is 0 Å². The summed E-state index contributed by atoms with van der Waals surface area (Å²) in [5.41, 5.74) is 0. The van der Waals surface area contributed by atoms with E-state index in [4.69, 9.17) is 9.47 Å². The molecular formula is C54H96O5. The highest BCUT2D eigenvalue weighted by Gasteiger charge is 2.16. The Labute approximate surface area is 366 Å². The molecule has 0 fully saturated rings. The molecule has 0 saturated carbocycles. The second kappa shape index (κ2) is 50.0. The number of hydrogen-bond acceptors (Lipinski definition) is 5. The summed E-state index contributed by atoms with van der Waals surface area (Å²) in [7, 11) is 0. The Bertz CT molecular complexity index is 1020. The summed E-state index contributed by atoms with van der Waals surface area (Å²) in [6.07, 6.45) is 66.3. The predicted molar refractivity (Wildman–Crippen MR) is 256 cm³/mol. The van der Waals surface area contributed by atoms with Crippen molar-refractivity contribution >= 4 is 11.9 Å². The van der Waals surface area contributed by atoms with Gasteiger partial charge in [-0.2, -0.15) is 0 Å². The van der Waals surface area contributed by atoms with Crippen molar-refractivity contribution in [3.05, 3.63) is 60.8 Å². The smallest absolute Gasteiger partial charge is 0.306 e. The number of carbonyl (C=O) groups excluding carboxylic acids is 2. The van der Waals surface area contributed by atoms with Crippen molar-refractivity contribution in [1.29, 1.82) is 0 Å². The summed E-state index contributed by atoms with van der Waals surface area (Å²) in [4.78, 5) is 24.3. The van der Waals surface area contributed by atoms with E-state index in [1.807, 2.05) is 0 Å². The number of hydrogen-bond donors (Lipinski definition) is 1. The van der Waals surface area contributed by atoms with Crippen LogP contribution in [0, 0.1) is 0 Å². The van der Waals surface area contributed by atoms with Crippen LogP contribution < -0.4 is 0 Å². The van der Waals surface area contributed by atoms with E-state index in [1.54, 1.807) is 0 Å². The lowest BCUT2D eigenvalue weighted by Gasteiger charge is -2.15. The van der Waals surface area contributed by atoms with E-state index in [0.717, 1.165) is 77.0 Å². The van der Waals surface area contributed by atoms with E-state index < -0.39 is 6.10 Å². The first-order chi connectivity index (χ1) is 29.1. The summed E-state index contributed by atoms with van der Waals surface area (Å²) in [6.45, 7) is 3.97. The number of allylic oxidation sites excluding steroid dienone is 10. The summed E-state index contributed by atoms with van der Waals surface area (Å²) in [6, 6.07) is 0. The first kappa shape index (κ1) is 56.6. The molecule has 5 nitrogen and oxygen atoms in total. The van der Waals surface area contributed by atoms with E-state index in [9.17, 15) is 14.7 Å². The van der Waals surface area contributed by atoms with Crippen LogP contribution in [0.15, 0.2) is 60.8 Å². The highest BCUT2D eigenvalue weighted by molar-refractivity contribution is 5.70. The van der Waals surface area contributed by atoms with Gasteiger partial charge < -0.3 is 14.6 Å². The molecule has 1 atom stereocenters. The third-order valence-electron chi connectivity index (χ3n) is 11.0. The van der Waals surface area contributed by atoms with Crippen molar-refractivity contribution in [3.63, 3.8) is 0 Å².